The first-order chi connectivity index (χ1) is 8.61. The first kappa shape index (κ1) is 14.1. The molecule has 98 valence electrons. The number of nitrogens with zero attached hydrogens (tertiary/aromatic N) is 1. The second-order valence-corrected chi connectivity index (χ2v) is 6.38. The fraction of sp³-hybridized carbons (Fsp3) is 0.500. The molecule has 1 aromatic carbocycles. The number of carbonyl (C=O) groups excluding carboxylic acids is 1. The van der Waals surface area contributed by atoms with Gasteiger partial charge < -0.3 is 4.90 Å². The van der Waals surface area contributed by atoms with Gasteiger partial charge >= 0.3 is 0 Å². The van der Waals surface area contributed by atoms with E-state index in [0.717, 1.165) is 40.4 Å². The van der Waals surface area contributed by atoms with Crippen molar-refractivity contribution in [3.8, 4) is 0 Å². The van der Waals surface area contributed by atoms with E-state index in [-0.39, 0.29) is 5.91 Å². The summed E-state index contributed by atoms with van der Waals surface area (Å²) in [5, 5.41) is 0.981. The number of hydrogen-bond acceptors (Lipinski definition) is 1. The average molecular weight is 375 g/mol. The van der Waals surface area contributed by atoms with Crippen molar-refractivity contribution < 1.29 is 4.79 Å². The molecule has 2 rings (SSSR count). The molecule has 18 heavy (non-hydrogen) atoms. The van der Waals surface area contributed by atoms with Crippen molar-refractivity contribution in [3.05, 3.63) is 33.8 Å². The summed E-state index contributed by atoms with van der Waals surface area (Å²) in [6, 6.07) is 5.83. The minimum atomic E-state index is 0.154. The minimum Gasteiger partial charge on any atom is -0.338 e. The molecule has 1 saturated heterocycles. The lowest BCUT2D eigenvalue weighted by Gasteiger charge is -2.32. The fourth-order valence-electron chi connectivity index (χ4n) is 2.28. The quantitative estimate of drug-likeness (QED) is 0.716. The van der Waals surface area contributed by atoms with Crippen molar-refractivity contribution in [2.75, 3.05) is 18.4 Å². The van der Waals surface area contributed by atoms with Gasteiger partial charge in [-0.15, -0.1) is 0 Å². The summed E-state index contributed by atoms with van der Waals surface area (Å²) in [5.74, 6) is 0.748. The number of amides is 1. The Balaban J connectivity index is 2.12. The zero-order chi connectivity index (χ0) is 13.1. The van der Waals surface area contributed by atoms with Crippen LogP contribution in [0.5, 0.6) is 0 Å². The number of aryl methyl sites for hydroxylation is 1. The Morgan fingerprint density at radius 3 is 2.94 bits per heavy atom. The molecule has 2 nitrogen and oxygen atoms in total. The third-order valence-electron chi connectivity index (χ3n) is 3.44. The van der Waals surface area contributed by atoms with Gasteiger partial charge in [0.1, 0.15) is 0 Å². The highest BCUT2D eigenvalue weighted by atomic mass is 79.9. The van der Waals surface area contributed by atoms with Crippen LogP contribution in [0.15, 0.2) is 22.7 Å². The van der Waals surface area contributed by atoms with E-state index in [0.29, 0.717) is 5.92 Å². The van der Waals surface area contributed by atoms with Crippen LogP contribution in [0.2, 0.25) is 0 Å². The van der Waals surface area contributed by atoms with Crippen molar-refractivity contribution in [1.29, 1.82) is 0 Å². The van der Waals surface area contributed by atoms with Gasteiger partial charge in [-0.1, -0.05) is 37.9 Å². The largest absolute Gasteiger partial charge is 0.338 e. The number of hydrogen-bond donors (Lipinski definition) is 0. The van der Waals surface area contributed by atoms with Crippen LogP contribution < -0.4 is 0 Å². The Labute approximate surface area is 125 Å². The lowest BCUT2D eigenvalue weighted by molar-refractivity contribution is 0.0686. The van der Waals surface area contributed by atoms with E-state index in [1.165, 1.54) is 6.42 Å². The van der Waals surface area contributed by atoms with E-state index in [1.807, 2.05) is 30.0 Å². The molecule has 0 spiro atoms. The molecule has 0 radical (unpaired) electrons. The van der Waals surface area contributed by atoms with Crippen LogP contribution >= 0.6 is 31.9 Å². The number of likely N-dealkylation sites (tertiary alicyclic amines) is 1. The molecular formula is C14H17Br2NO. The van der Waals surface area contributed by atoms with E-state index < -0.39 is 0 Å². The highest BCUT2D eigenvalue weighted by Crippen LogP contribution is 2.22. The Morgan fingerprint density at radius 2 is 2.28 bits per heavy atom. The maximum Gasteiger partial charge on any atom is 0.253 e. The van der Waals surface area contributed by atoms with Crippen LogP contribution in [-0.2, 0) is 0 Å². The lowest BCUT2D eigenvalue weighted by atomic mass is 9.99. The zero-order valence-electron chi connectivity index (χ0n) is 10.5. The van der Waals surface area contributed by atoms with E-state index in [2.05, 4.69) is 31.9 Å². The molecule has 1 heterocycles. The van der Waals surface area contributed by atoms with Gasteiger partial charge in [-0.05, 0) is 43.4 Å². The second-order valence-electron chi connectivity index (χ2n) is 4.88. The van der Waals surface area contributed by atoms with Gasteiger partial charge in [-0.3, -0.25) is 4.79 Å². The predicted octanol–water partition coefficient (Wildman–Crippen LogP) is 4.00. The number of carbonyl (C=O) groups is 1. The molecule has 1 fully saturated rings. The molecule has 1 amide bonds. The molecule has 1 aliphatic rings. The van der Waals surface area contributed by atoms with Crippen molar-refractivity contribution in [2.24, 2.45) is 5.92 Å². The van der Waals surface area contributed by atoms with Crippen LogP contribution in [0.25, 0.3) is 0 Å². The van der Waals surface area contributed by atoms with Crippen LogP contribution in [0, 0.1) is 12.8 Å². The SMILES string of the molecule is Cc1ccc(C(=O)N2CCCC(CBr)C2)cc1Br. The summed E-state index contributed by atoms with van der Waals surface area (Å²) >= 11 is 7.01. The third-order valence-corrected chi connectivity index (χ3v) is 5.21. The molecule has 1 aliphatic heterocycles. The standard InChI is InChI=1S/C14H17Br2NO/c1-10-4-5-12(7-13(10)16)14(18)17-6-2-3-11(8-15)9-17/h4-5,7,11H,2-3,6,8-9H2,1H3. The molecule has 4 heteroatoms. The number of alkyl halides is 1. The summed E-state index contributed by atoms with van der Waals surface area (Å²) in [5.41, 5.74) is 1.94. The van der Waals surface area contributed by atoms with Gasteiger partial charge in [0.05, 0.1) is 0 Å². The van der Waals surface area contributed by atoms with Crippen molar-refractivity contribution in [2.45, 2.75) is 19.8 Å². The highest BCUT2D eigenvalue weighted by Gasteiger charge is 2.23. The maximum atomic E-state index is 12.4. The molecular weight excluding hydrogens is 358 g/mol. The first-order valence-corrected chi connectivity index (χ1v) is 8.14. The van der Waals surface area contributed by atoms with Gasteiger partial charge in [0.2, 0.25) is 0 Å². The van der Waals surface area contributed by atoms with Crippen LogP contribution in [-0.4, -0.2) is 29.2 Å². The van der Waals surface area contributed by atoms with Gasteiger partial charge in [0, 0.05) is 28.5 Å². The molecule has 1 unspecified atom stereocenters. The number of benzene rings is 1. The number of rotatable bonds is 2. The summed E-state index contributed by atoms with van der Waals surface area (Å²) in [6.07, 6.45) is 2.32. The first-order valence-electron chi connectivity index (χ1n) is 6.23. The predicted molar refractivity (Wildman–Crippen MR) is 81.3 cm³/mol. The van der Waals surface area contributed by atoms with Gasteiger partial charge in [0.15, 0.2) is 0 Å². The summed E-state index contributed by atoms with van der Waals surface area (Å²) in [4.78, 5) is 14.4. The Morgan fingerprint density at radius 1 is 1.50 bits per heavy atom. The number of piperidine rings is 1. The maximum absolute atomic E-state index is 12.4. The molecule has 1 aromatic rings. The molecule has 0 bridgehead atoms. The van der Waals surface area contributed by atoms with Crippen molar-refractivity contribution >= 4 is 37.8 Å². The Hall–Kier alpha value is -0.350. The highest BCUT2D eigenvalue weighted by molar-refractivity contribution is 9.10. The summed E-state index contributed by atoms with van der Waals surface area (Å²) < 4.78 is 1.00. The van der Waals surface area contributed by atoms with Crippen molar-refractivity contribution in [3.63, 3.8) is 0 Å². The minimum absolute atomic E-state index is 0.154. The van der Waals surface area contributed by atoms with Crippen LogP contribution in [0.1, 0.15) is 28.8 Å². The zero-order valence-corrected chi connectivity index (χ0v) is 13.6. The smallest absolute Gasteiger partial charge is 0.253 e. The second kappa shape index (κ2) is 6.20. The van der Waals surface area contributed by atoms with Gasteiger partial charge in [-0.25, -0.2) is 0 Å². The molecule has 0 saturated carbocycles. The van der Waals surface area contributed by atoms with E-state index in [4.69, 9.17) is 0 Å². The molecule has 1 atom stereocenters. The summed E-state index contributed by atoms with van der Waals surface area (Å²) in [7, 11) is 0. The van der Waals surface area contributed by atoms with Crippen molar-refractivity contribution in [1.82, 2.24) is 4.90 Å². The van der Waals surface area contributed by atoms with Crippen LogP contribution in [0.3, 0.4) is 0 Å². The topological polar surface area (TPSA) is 20.3 Å². The molecule has 0 aromatic heterocycles. The van der Waals surface area contributed by atoms with Gasteiger partial charge in [0.25, 0.3) is 5.91 Å². The Kier molecular flexibility index (Phi) is 4.84. The lowest BCUT2D eigenvalue weighted by Crippen LogP contribution is -2.40. The molecule has 0 aliphatic carbocycles. The average Bonchev–Trinajstić information content (AvgIpc) is 2.41. The third kappa shape index (κ3) is 3.15. The van der Waals surface area contributed by atoms with E-state index in [1.54, 1.807) is 0 Å². The monoisotopic (exact) mass is 373 g/mol. The fourth-order valence-corrected chi connectivity index (χ4v) is 3.19. The number of halogens is 2. The van der Waals surface area contributed by atoms with Crippen LogP contribution in [0.4, 0.5) is 0 Å². The van der Waals surface area contributed by atoms with E-state index in [9.17, 15) is 4.79 Å². The molecule has 0 N–H and O–H groups in total. The summed E-state index contributed by atoms with van der Waals surface area (Å²) in [6.45, 7) is 3.78. The van der Waals surface area contributed by atoms with Gasteiger partial charge in [-0.2, -0.15) is 0 Å². The Bertz CT molecular complexity index is 447. The normalized spacial score (nSPS) is 19.9. The van der Waals surface area contributed by atoms with E-state index >= 15 is 0 Å².